The zero-order valence-corrected chi connectivity index (χ0v) is 21.8. The number of hydrazone groups is 1. The molecule has 0 aromatic heterocycles. The number of rotatable bonds is 10. The molecule has 3 aromatic carbocycles. The Kier molecular flexibility index (Phi) is 8.32. The molecule has 1 fully saturated rings. The highest BCUT2D eigenvalue weighted by atomic mass is 32.2. The molecule has 3 aromatic rings. The minimum Gasteiger partial charge on any atom is -0.489 e. The molecule has 1 aliphatic heterocycles. The molecule has 0 radical (unpaired) electrons. The number of nitrogens with one attached hydrogen (secondary N) is 1. The third-order valence-corrected chi connectivity index (χ3v) is 8.64. The van der Waals surface area contributed by atoms with Crippen LogP contribution < -0.4 is 14.5 Å². The molecule has 0 saturated carbocycles. The van der Waals surface area contributed by atoms with Crippen LogP contribution in [0.3, 0.4) is 0 Å². The molecule has 0 unspecified atom stereocenters. The van der Waals surface area contributed by atoms with E-state index in [1.54, 1.807) is 30.3 Å². The van der Waals surface area contributed by atoms with Gasteiger partial charge in [-0.1, -0.05) is 56.3 Å². The molecule has 36 heavy (non-hydrogen) atoms. The summed E-state index contributed by atoms with van der Waals surface area (Å²) in [6.45, 7) is 3.71. The number of thioether (sulfide) groups is 1. The number of carbonyl (C=O) groups is 1. The third-order valence-electron chi connectivity index (χ3n) is 5.64. The molecule has 1 amide bonds. The summed E-state index contributed by atoms with van der Waals surface area (Å²) in [5.41, 5.74) is 4.69. The maximum Gasteiger partial charge on any atom is 0.264 e. The van der Waals surface area contributed by atoms with Gasteiger partial charge in [0.05, 0.1) is 16.8 Å². The maximum absolute atomic E-state index is 13.4. The molecule has 4 rings (SSSR count). The molecule has 7 nitrogen and oxygen atoms in total. The van der Waals surface area contributed by atoms with Gasteiger partial charge in [-0.3, -0.25) is 9.10 Å². The standard InChI is InChI=1S/C27H29N3O4S2/c1-20(2)22-11-13-23(14-12-22)30(36(32,33)26-9-4-3-5-10-26)17-27(31)29-28-16-21-7-6-8-24(15-21)34-25-18-35-19-25/h3-16,20,25H,17-19H2,1-2H3,(H,29,31)/b28-16-. The average Bonchev–Trinajstić information content (AvgIpc) is 2.85. The maximum atomic E-state index is 13.4. The summed E-state index contributed by atoms with van der Waals surface area (Å²) < 4.78 is 33.8. The van der Waals surface area contributed by atoms with Crippen LogP contribution >= 0.6 is 11.8 Å². The lowest BCUT2D eigenvalue weighted by Gasteiger charge is -2.25. The first-order valence-corrected chi connectivity index (χ1v) is 14.3. The smallest absolute Gasteiger partial charge is 0.264 e. The van der Waals surface area contributed by atoms with E-state index in [-0.39, 0.29) is 11.0 Å². The zero-order chi connectivity index (χ0) is 25.5. The van der Waals surface area contributed by atoms with E-state index in [2.05, 4.69) is 24.4 Å². The Labute approximate surface area is 216 Å². The number of anilines is 1. The summed E-state index contributed by atoms with van der Waals surface area (Å²) in [4.78, 5) is 12.9. The molecule has 1 aliphatic rings. The summed E-state index contributed by atoms with van der Waals surface area (Å²) in [7, 11) is -3.97. The van der Waals surface area contributed by atoms with E-state index in [1.807, 2.05) is 48.2 Å². The highest BCUT2D eigenvalue weighted by Gasteiger charge is 2.27. The number of benzene rings is 3. The summed E-state index contributed by atoms with van der Waals surface area (Å²) in [5.74, 6) is 2.46. The largest absolute Gasteiger partial charge is 0.489 e. The van der Waals surface area contributed by atoms with E-state index < -0.39 is 22.5 Å². The molecular formula is C27H29N3O4S2. The van der Waals surface area contributed by atoms with Crippen molar-refractivity contribution in [2.75, 3.05) is 22.4 Å². The first-order valence-electron chi connectivity index (χ1n) is 11.7. The second-order valence-electron chi connectivity index (χ2n) is 8.71. The lowest BCUT2D eigenvalue weighted by molar-refractivity contribution is -0.119. The van der Waals surface area contributed by atoms with Gasteiger partial charge in [-0.15, -0.1) is 0 Å². The van der Waals surface area contributed by atoms with E-state index in [0.717, 1.165) is 32.7 Å². The molecule has 1 heterocycles. The van der Waals surface area contributed by atoms with E-state index in [9.17, 15) is 13.2 Å². The van der Waals surface area contributed by atoms with Crippen molar-refractivity contribution < 1.29 is 17.9 Å². The van der Waals surface area contributed by atoms with Crippen molar-refractivity contribution in [3.05, 3.63) is 90.0 Å². The Bertz CT molecular complexity index is 1310. The van der Waals surface area contributed by atoms with Gasteiger partial charge in [-0.25, -0.2) is 13.8 Å². The molecule has 0 bridgehead atoms. The fourth-order valence-electron chi connectivity index (χ4n) is 3.55. The summed E-state index contributed by atoms with van der Waals surface area (Å²) in [6.07, 6.45) is 1.74. The number of nitrogens with zero attached hydrogens (tertiary/aromatic N) is 2. The number of hydrogen-bond donors (Lipinski definition) is 1. The Hall–Kier alpha value is -3.30. The predicted octanol–water partition coefficient (Wildman–Crippen LogP) is 4.65. The Morgan fingerprint density at radius 3 is 2.44 bits per heavy atom. The topological polar surface area (TPSA) is 88.1 Å². The molecule has 9 heteroatoms. The second kappa shape index (κ2) is 11.6. The summed E-state index contributed by atoms with van der Waals surface area (Å²) in [6, 6.07) is 22.7. The number of amides is 1. The molecule has 188 valence electrons. The first kappa shape index (κ1) is 25.8. The minimum atomic E-state index is -3.97. The summed E-state index contributed by atoms with van der Waals surface area (Å²) in [5, 5.41) is 4.03. The fraction of sp³-hybridized carbons (Fsp3) is 0.259. The zero-order valence-electron chi connectivity index (χ0n) is 20.2. The van der Waals surface area contributed by atoms with E-state index in [0.29, 0.717) is 11.6 Å². The van der Waals surface area contributed by atoms with Crippen LogP contribution in [0, 0.1) is 0 Å². The first-order chi connectivity index (χ1) is 17.3. The molecule has 0 spiro atoms. The molecule has 0 aliphatic carbocycles. The van der Waals surface area contributed by atoms with Gasteiger partial charge in [-0.05, 0) is 53.4 Å². The van der Waals surface area contributed by atoms with Crippen molar-refractivity contribution in [2.45, 2.75) is 30.8 Å². The highest BCUT2D eigenvalue weighted by molar-refractivity contribution is 8.00. The molecular weight excluding hydrogens is 494 g/mol. The highest BCUT2D eigenvalue weighted by Crippen LogP contribution is 2.26. The monoisotopic (exact) mass is 523 g/mol. The lowest BCUT2D eigenvalue weighted by Crippen LogP contribution is -2.39. The van der Waals surface area contributed by atoms with Gasteiger partial charge >= 0.3 is 0 Å². The van der Waals surface area contributed by atoms with Gasteiger partial charge in [0, 0.05) is 11.5 Å². The van der Waals surface area contributed by atoms with Crippen molar-refractivity contribution in [1.29, 1.82) is 0 Å². The van der Waals surface area contributed by atoms with Gasteiger partial charge < -0.3 is 4.74 Å². The second-order valence-corrected chi connectivity index (χ2v) is 11.7. The van der Waals surface area contributed by atoms with Crippen molar-refractivity contribution in [3.63, 3.8) is 0 Å². The van der Waals surface area contributed by atoms with Gasteiger partial charge in [0.15, 0.2) is 0 Å². The van der Waals surface area contributed by atoms with E-state index in [4.69, 9.17) is 4.74 Å². The van der Waals surface area contributed by atoms with Crippen LogP contribution in [0.5, 0.6) is 5.75 Å². The predicted molar refractivity (Wildman–Crippen MR) is 145 cm³/mol. The Morgan fingerprint density at radius 2 is 1.81 bits per heavy atom. The molecule has 1 saturated heterocycles. The Balaban J connectivity index is 1.48. The number of ether oxygens (including phenoxy) is 1. The van der Waals surface area contributed by atoms with Crippen LogP contribution in [0.15, 0.2) is 88.9 Å². The van der Waals surface area contributed by atoms with Crippen LogP contribution in [0.2, 0.25) is 0 Å². The van der Waals surface area contributed by atoms with Crippen molar-refractivity contribution in [2.24, 2.45) is 5.10 Å². The van der Waals surface area contributed by atoms with Crippen molar-refractivity contribution in [3.8, 4) is 5.75 Å². The van der Waals surface area contributed by atoms with Crippen molar-refractivity contribution >= 4 is 39.6 Å². The molecule has 0 atom stereocenters. The number of hydrogen-bond acceptors (Lipinski definition) is 6. The van der Waals surface area contributed by atoms with Gasteiger partial charge in [0.2, 0.25) is 0 Å². The number of carbonyl (C=O) groups excluding carboxylic acids is 1. The quantitative estimate of drug-likeness (QED) is 0.309. The molecule has 1 N–H and O–H groups in total. The Morgan fingerprint density at radius 1 is 1.08 bits per heavy atom. The van der Waals surface area contributed by atoms with Crippen LogP contribution in [0.25, 0.3) is 0 Å². The minimum absolute atomic E-state index is 0.107. The van der Waals surface area contributed by atoms with E-state index in [1.165, 1.54) is 18.3 Å². The summed E-state index contributed by atoms with van der Waals surface area (Å²) >= 11 is 1.85. The van der Waals surface area contributed by atoms with Crippen LogP contribution in [-0.4, -0.2) is 44.7 Å². The van der Waals surface area contributed by atoms with E-state index >= 15 is 0 Å². The van der Waals surface area contributed by atoms with Crippen LogP contribution in [0.1, 0.15) is 30.9 Å². The van der Waals surface area contributed by atoms with Gasteiger partial charge in [-0.2, -0.15) is 16.9 Å². The van der Waals surface area contributed by atoms with Gasteiger partial charge in [0.25, 0.3) is 15.9 Å². The van der Waals surface area contributed by atoms with Crippen LogP contribution in [0.4, 0.5) is 5.69 Å². The SMILES string of the molecule is CC(C)c1ccc(N(CC(=O)N/N=C\c2cccc(OC3CSC3)c2)S(=O)(=O)c2ccccc2)cc1. The van der Waals surface area contributed by atoms with Crippen LogP contribution in [-0.2, 0) is 14.8 Å². The third kappa shape index (κ3) is 6.47. The normalized spacial score (nSPS) is 14.0. The van der Waals surface area contributed by atoms with Crippen molar-refractivity contribution in [1.82, 2.24) is 5.43 Å². The lowest BCUT2D eigenvalue weighted by atomic mass is 10.0. The average molecular weight is 524 g/mol. The fourth-order valence-corrected chi connectivity index (χ4v) is 5.55. The van der Waals surface area contributed by atoms with Gasteiger partial charge in [0.1, 0.15) is 18.4 Å². The number of sulfonamides is 1.